The highest BCUT2D eigenvalue weighted by atomic mass is 19.4. The highest BCUT2D eigenvalue weighted by Crippen LogP contribution is 2.66. The largest absolute Gasteiger partial charge is 0.419 e. The van der Waals surface area contributed by atoms with E-state index in [-0.39, 0.29) is 6.04 Å². The number of fused-ring (bicyclic) bond motifs is 1. The minimum Gasteiger partial charge on any atom is -0.383 e. The van der Waals surface area contributed by atoms with Crippen molar-refractivity contribution in [3.05, 3.63) is 48.3 Å². The fourth-order valence-corrected chi connectivity index (χ4v) is 5.03. The van der Waals surface area contributed by atoms with E-state index in [9.17, 15) is 13.2 Å². The topological polar surface area (TPSA) is 74.6 Å². The molecule has 0 radical (unpaired) electrons. The Balaban J connectivity index is 1.44. The van der Waals surface area contributed by atoms with Gasteiger partial charge in [0, 0.05) is 47.8 Å². The lowest BCUT2D eigenvalue weighted by atomic mass is 10.0. The van der Waals surface area contributed by atoms with Crippen LogP contribution in [0.3, 0.4) is 0 Å². The van der Waals surface area contributed by atoms with Crippen molar-refractivity contribution >= 4 is 5.82 Å². The standard InChI is InChI=1S/C21H23F3N6/c1-11(2)30-18(19-14-6-13(7-15(14)19)29-4-3-26-10-29)8-17(28-30)12-5-16(21(22,23)24)20(25)27-9-12/h3-5,8-11,13-15,19H,6-7H2,1-2H3,(H2,25,27)/t13-,14+,15-,19-. The number of aromatic nitrogens is 5. The summed E-state index contributed by atoms with van der Waals surface area (Å²) in [7, 11) is 0. The van der Waals surface area contributed by atoms with Crippen molar-refractivity contribution in [2.45, 2.75) is 50.9 Å². The molecule has 3 heterocycles. The van der Waals surface area contributed by atoms with E-state index in [1.54, 1.807) is 6.20 Å². The SMILES string of the molecule is CC(C)n1nc(-c2cnc(N)c(C(F)(F)F)c2)cc1[C@H]1[C@@H]2C[C@H](n3ccnc3)C[C@@H]21. The van der Waals surface area contributed by atoms with Crippen LogP contribution in [0.2, 0.25) is 0 Å². The molecule has 3 aromatic heterocycles. The normalized spacial score (nSPS) is 25.7. The predicted octanol–water partition coefficient (Wildman–Crippen LogP) is 4.69. The highest BCUT2D eigenvalue weighted by Gasteiger charge is 2.58. The molecular formula is C21H23F3N6. The minimum atomic E-state index is -4.55. The zero-order chi connectivity index (χ0) is 21.2. The van der Waals surface area contributed by atoms with Gasteiger partial charge in [0.2, 0.25) is 0 Å². The van der Waals surface area contributed by atoms with E-state index in [1.165, 1.54) is 6.20 Å². The van der Waals surface area contributed by atoms with Crippen molar-refractivity contribution in [3.8, 4) is 11.3 Å². The summed E-state index contributed by atoms with van der Waals surface area (Å²) in [5.74, 6) is 1.04. The summed E-state index contributed by atoms with van der Waals surface area (Å²) < 4.78 is 43.9. The maximum Gasteiger partial charge on any atom is 0.419 e. The van der Waals surface area contributed by atoms with Gasteiger partial charge in [-0.15, -0.1) is 0 Å². The number of rotatable bonds is 4. The average Bonchev–Trinajstić information content (AvgIpc) is 3.20. The van der Waals surface area contributed by atoms with Gasteiger partial charge in [0.1, 0.15) is 5.82 Å². The number of hydrogen-bond acceptors (Lipinski definition) is 4. The summed E-state index contributed by atoms with van der Waals surface area (Å²) in [6.45, 7) is 4.07. The van der Waals surface area contributed by atoms with Crippen LogP contribution in [0, 0.1) is 11.8 Å². The van der Waals surface area contributed by atoms with Crippen LogP contribution in [0.25, 0.3) is 11.3 Å². The Morgan fingerprint density at radius 1 is 1.17 bits per heavy atom. The molecular weight excluding hydrogens is 393 g/mol. The molecule has 0 saturated heterocycles. The second-order valence-electron chi connectivity index (χ2n) is 8.64. The Bertz CT molecular complexity index is 1060. The van der Waals surface area contributed by atoms with E-state index in [4.69, 9.17) is 5.73 Å². The predicted molar refractivity (Wildman–Crippen MR) is 105 cm³/mol. The molecule has 0 aromatic carbocycles. The number of alkyl halides is 3. The van der Waals surface area contributed by atoms with Gasteiger partial charge in [-0.25, -0.2) is 9.97 Å². The smallest absolute Gasteiger partial charge is 0.383 e. The number of anilines is 1. The van der Waals surface area contributed by atoms with Gasteiger partial charge in [-0.1, -0.05) is 0 Å². The third kappa shape index (κ3) is 3.07. The number of pyridine rings is 1. The summed E-state index contributed by atoms with van der Waals surface area (Å²) >= 11 is 0. The fraction of sp³-hybridized carbons (Fsp3) is 0.476. The first-order valence-corrected chi connectivity index (χ1v) is 10.1. The van der Waals surface area contributed by atoms with Gasteiger partial charge in [-0.3, -0.25) is 4.68 Å². The van der Waals surface area contributed by atoms with Crippen LogP contribution in [0.4, 0.5) is 19.0 Å². The highest BCUT2D eigenvalue weighted by molar-refractivity contribution is 5.63. The maximum absolute atomic E-state index is 13.3. The molecule has 158 valence electrons. The number of nitrogen functional groups attached to an aromatic ring is 1. The van der Waals surface area contributed by atoms with E-state index in [0.29, 0.717) is 35.1 Å². The van der Waals surface area contributed by atoms with Crippen molar-refractivity contribution < 1.29 is 13.2 Å². The Labute approximate surface area is 171 Å². The molecule has 2 fully saturated rings. The molecule has 0 aliphatic heterocycles. The van der Waals surface area contributed by atoms with Crippen LogP contribution in [0.5, 0.6) is 0 Å². The third-order valence-corrected chi connectivity index (χ3v) is 6.48. The number of nitrogens with zero attached hydrogens (tertiary/aromatic N) is 5. The van der Waals surface area contributed by atoms with E-state index in [2.05, 4.69) is 19.6 Å². The molecule has 9 heteroatoms. The molecule has 4 atom stereocenters. The number of nitrogens with two attached hydrogens (primary N) is 1. The number of halogens is 3. The Kier molecular flexibility index (Phi) is 4.20. The quantitative estimate of drug-likeness (QED) is 0.670. The van der Waals surface area contributed by atoms with Gasteiger partial charge in [0.15, 0.2) is 0 Å². The first-order valence-electron chi connectivity index (χ1n) is 10.1. The molecule has 2 N–H and O–H groups in total. The number of imidazole rings is 1. The van der Waals surface area contributed by atoms with E-state index in [0.717, 1.165) is 24.6 Å². The lowest BCUT2D eigenvalue weighted by Crippen LogP contribution is -2.11. The molecule has 0 bridgehead atoms. The summed E-state index contributed by atoms with van der Waals surface area (Å²) in [5.41, 5.74) is 6.46. The summed E-state index contributed by atoms with van der Waals surface area (Å²) in [6.07, 6.45) is 4.67. The number of hydrogen-bond donors (Lipinski definition) is 1. The Morgan fingerprint density at radius 2 is 1.90 bits per heavy atom. The average molecular weight is 416 g/mol. The monoisotopic (exact) mass is 416 g/mol. The molecule has 0 unspecified atom stereocenters. The van der Waals surface area contributed by atoms with Crippen LogP contribution in [0.1, 0.15) is 55.9 Å². The second kappa shape index (κ2) is 6.58. The third-order valence-electron chi connectivity index (χ3n) is 6.48. The fourth-order valence-electron chi connectivity index (χ4n) is 5.03. The maximum atomic E-state index is 13.3. The van der Waals surface area contributed by atoms with Gasteiger partial charge in [-0.05, 0) is 50.7 Å². The van der Waals surface area contributed by atoms with Crippen LogP contribution >= 0.6 is 0 Å². The molecule has 5 rings (SSSR count). The summed E-state index contributed by atoms with van der Waals surface area (Å²) in [4.78, 5) is 7.90. The van der Waals surface area contributed by atoms with Crippen molar-refractivity contribution in [2.24, 2.45) is 11.8 Å². The first-order chi connectivity index (χ1) is 14.2. The van der Waals surface area contributed by atoms with Crippen molar-refractivity contribution in [1.82, 2.24) is 24.3 Å². The molecule has 6 nitrogen and oxygen atoms in total. The first kappa shape index (κ1) is 19.1. The van der Waals surface area contributed by atoms with Gasteiger partial charge >= 0.3 is 6.18 Å². The van der Waals surface area contributed by atoms with E-state index < -0.39 is 17.6 Å². The lowest BCUT2D eigenvalue weighted by Gasteiger charge is -2.17. The lowest BCUT2D eigenvalue weighted by molar-refractivity contribution is -0.137. The molecule has 0 spiro atoms. The van der Waals surface area contributed by atoms with Gasteiger partial charge in [-0.2, -0.15) is 18.3 Å². The Hall–Kier alpha value is -2.84. The zero-order valence-electron chi connectivity index (χ0n) is 16.7. The van der Waals surface area contributed by atoms with Crippen LogP contribution in [-0.4, -0.2) is 24.3 Å². The van der Waals surface area contributed by atoms with Crippen molar-refractivity contribution in [1.29, 1.82) is 0 Å². The Morgan fingerprint density at radius 3 is 2.50 bits per heavy atom. The molecule has 2 aliphatic carbocycles. The molecule has 2 aliphatic rings. The minimum absolute atomic E-state index is 0.114. The van der Waals surface area contributed by atoms with Crippen molar-refractivity contribution in [2.75, 3.05) is 5.73 Å². The zero-order valence-corrected chi connectivity index (χ0v) is 16.7. The van der Waals surface area contributed by atoms with Crippen LogP contribution < -0.4 is 5.73 Å². The van der Waals surface area contributed by atoms with E-state index >= 15 is 0 Å². The summed E-state index contributed by atoms with van der Waals surface area (Å²) in [6, 6.07) is 3.57. The molecule has 2 saturated carbocycles. The second-order valence-corrected chi connectivity index (χ2v) is 8.64. The molecule has 0 amide bonds. The van der Waals surface area contributed by atoms with Gasteiger partial charge in [0.05, 0.1) is 17.6 Å². The van der Waals surface area contributed by atoms with E-state index in [1.807, 2.05) is 37.1 Å². The van der Waals surface area contributed by atoms with Gasteiger partial charge in [0.25, 0.3) is 0 Å². The van der Waals surface area contributed by atoms with Crippen LogP contribution in [-0.2, 0) is 6.18 Å². The van der Waals surface area contributed by atoms with Gasteiger partial charge < -0.3 is 10.3 Å². The molecule has 30 heavy (non-hydrogen) atoms. The summed E-state index contributed by atoms with van der Waals surface area (Å²) in [5, 5.41) is 4.64. The van der Waals surface area contributed by atoms with Crippen molar-refractivity contribution in [3.63, 3.8) is 0 Å². The van der Waals surface area contributed by atoms with Crippen LogP contribution in [0.15, 0.2) is 37.1 Å². The molecule has 3 aromatic rings.